The third-order valence-corrected chi connectivity index (χ3v) is 3.59. The molecule has 1 aromatic heterocycles. The van der Waals surface area contributed by atoms with Crippen LogP contribution in [0.5, 0.6) is 0 Å². The van der Waals surface area contributed by atoms with E-state index in [-0.39, 0.29) is 0 Å². The molecule has 15 heavy (non-hydrogen) atoms. The fourth-order valence-electron chi connectivity index (χ4n) is 1.36. The van der Waals surface area contributed by atoms with Gasteiger partial charge in [0.15, 0.2) is 0 Å². The van der Waals surface area contributed by atoms with Crippen LogP contribution >= 0.6 is 11.3 Å². The van der Waals surface area contributed by atoms with Crippen molar-refractivity contribution in [1.29, 1.82) is 0 Å². The third kappa shape index (κ3) is 3.55. The standard InChI is InChI=1S/C11H20N2OS/c1-5-6-14-7-10-13-9(3)11(15-10)8(2)12-4/h8,12H,5-7H2,1-4H3. The van der Waals surface area contributed by atoms with Gasteiger partial charge in [0, 0.05) is 17.5 Å². The zero-order chi connectivity index (χ0) is 11.3. The quantitative estimate of drug-likeness (QED) is 0.760. The van der Waals surface area contributed by atoms with Gasteiger partial charge in [0.25, 0.3) is 0 Å². The molecule has 0 aliphatic heterocycles. The van der Waals surface area contributed by atoms with Crippen molar-refractivity contribution in [2.45, 2.75) is 39.8 Å². The van der Waals surface area contributed by atoms with Crippen molar-refractivity contribution in [2.75, 3.05) is 13.7 Å². The highest BCUT2D eigenvalue weighted by molar-refractivity contribution is 7.11. The number of thiazole rings is 1. The van der Waals surface area contributed by atoms with Crippen LogP contribution in [0.4, 0.5) is 0 Å². The van der Waals surface area contributed by atoms with Gasteiger partial charge in [0.2, 0.25) is 0 Å². The van der Waals surface area contributed by atoms with Gasteiger partial charge in [-0.25, -0.2) is 4.98 Å². The lowest BCUT2D eigenvalue weighted by atomic mass is 10.2. The molecule has 1 N–H and O–H groups in total. The average molecular weight is 228 g/mol. The summed E-state index contributed by atoms with van der Waals surface area (Å²) in [5, 5.41) is 4.31. The molecule has 0 amide bonds. The zero-order valence-electron chi connectivity index (χ0n) is 9.96. The van der Waals surface area contributed by atoms with Crippen molar-refractivity contribution in [3.63, 3.8) is 0 Å². The Hall–Kier alpha value is -0.450. The topological polar surface area (TPSA) is 34.1 Å². The molecule has 1 heterocycles. The predicted octanol–water partition coefficient (Wildman–Crippen LogP) is 2.66. The van der Waals surface area contributed by atoms with E-state index in [0.717, 1.165) is 23.7 Å². The number of aryl methyl sites for hydroxylation is 1. The highest BCUT2D eigenvalue weighted by atomic mass is 32.1. The molecule has 0 fully saturated rings. The molecule has 0 aliphatic rings. The van der Waals surface area contributed by atoms with Crippen molar-refractivity contribution in [2.24, 2.45) is 0 Å². The van der Waals surface area contributed by atoms with E-state index in [1.807, 2.05) is 7.05 Å². The summed E-state index contributed by atoms with van der Waals surface area (Å²) >= 11 is 1.74. The van der Waals surface area contributed by atoms with Gasteiger partial charge in [0.1, 0.15) is 5.01 Å². The maximum Gasteiger partial charge on any atom is 0.119 e. The van der Waals surface area contributed by atoms with Gasteiger partial charge < -0.3 is 10.1 Å². The van der Waals surface area contributed by atoms with E-state index in [4.69, 9.17) is 4.74 Å². The Morgan fingerprint density at radius 1 is 1.53 bits per heavy atom. The van der Waals surface area contributed by atoms with Crippen molar-refractivity contribution < 1.29 is 4.74 Å². The summed E-state index contributed by atoms with van der Waals surface area (Å²) in [7, 11) is 1.97. The van der Waals surface area contributed by atoms with Crippen LogP contribution in [0.25, 0.3) is 0 Å². The number of nitrogens with one attached hydrogen (secondary N) is 1. The minimum atomic E-state index is 0.377. The Bertz CT molecular complexity index is 299. The van der Waals surface area contributed by atoms with Crippen LogP contribution in [0.1, 0.15) is 41.9 Å². The molecule has 3 nitrogen and oxygen atoms in total. The number of rotatable bonds is 6. The molecule has 0 bridgehead atoms. The first-order valence-corrected chi connectivity index (χ1v) is 6.21. The third-order valence-electron chi connectivity index (χ3n) is 2.28. The van der Waals surface area contributed by atoms with Crippen molar-refractivity contribution in [3.8, 4) is 0 Å². The van der Waals surface area contributed by atoms with E-state index in [1.165, 1.54) is 4.88 Å². The van der Waals surface area contributed by atoms with Crippen molar-refractivity contribution in [1.82, 2.24) is 10.3 Å². The second-order valence-corrected chi connectivity index (χ2v) is 4.74. The summed E-state index contributed by atoms with van der Waals surface area (Å²) in [6, 6.07) is 0.377. The number of hydrogen-bond donors (Lipinski definition) is 1. The summed E-state index contributed by atoms with van der Waals surface area (Å²) in [6.07, 6.45) is 1.06. The van der Waals surface area contributed by atoms with E-state index in [0.29, 0.717) is 12.6 Å². The van der Waals surface area contributed by atoms with Crippen LogP contribution in [0.15, 0.2) is 0 Å². The molecular formula is C11H20N2OS. The molecule has 86 valence electrons. The molecule has 0 saturated heterocycles. The van der Waals surface area contributed by atoms with Crippen LogP contribution in [0.3, 0.4) is 0 Å². The van der Waals surface area contributed by atoms with E-state index in [1.54, 1.807) is 11.3 Å². The van der Waals surface area contributed by atoms with Crippen LogP contribution < -0.4 is 5.32 Å². The van der Waals surface area contributed by atoms with Crippen LogP contribution in [0, 0.1) is 6.92 Å². The summed E-state index contributed by atoms with van der Waals surface area (Å²) in [6.45, 7) is 7.78. The van der Waals surface area contributed by atoms with Gasteiger partial charge >= 0.3 is 0 Å². The minimum absolute atomic E-state index is 0.377. The second kappa shape index (κ2) is 6.20. The Labute approximate surface area is 95.9 Å². The van der Waals surface area contributed by atoms with Crippen molar-refractivity contribution >= 4 is 11.3 Å². The van der Waals surface area contributed by atoms with E-state index in [2.05, 4.69) is 31.1 Å². The summed E-state index contributed by atoms with van der Waals surface area (Å²) in [5.41, 5.74) is 1.12. The Morgan fingerprint density at radius 2 is 2.27 bits per heavy atom. The number of aromatic nitrogens is 1. The molecule has 0 aromatic carbocycles. The molecule has 1 rings (SSSR count). The van der Waals surface area contributed by atoms with Gasteiger partial charge in [0.05, 0.1) is 12.3 Å². The molecule has 1 unspecified atom stereocenters. The normalized spacial score (nSPS) is 13.1. The van der Waals surface area contributed by atoms with Gasteiger partial charge in [-0.3, -0.25) is 0 Å². The van der Waals surface area contributed by atoms with Gasteiger partial charge in [-0.1, -0.05) is 6.92 Å². The van der Waals surface area contributed by atoms with E-state index >= 15 is 0 Å². The molecule has 0 saturated carbocycles. The molecule has 0 aliphatic carbocycles. The van der Waals surface area contributed by atoms with Crippen LogP contribution in [-0.4, -0.2) is 18.6 Å². The fourth-order valence-corrected chi connectivity index (χ4v) is 2.43. The highest BCUT2D eigenvalue weighted by Crippen LogP contribution is 2.24. The molecule has 1 aromatic rings. The second-order valence-electron chi connectivity index (χ2n) is 3.62. The maximum absolute atomic E-state index is 5.48. The van der Waals surface area contributed by atoms with Crippen molar-refractivity contribution in [3.05, 3.63) is 15.6 Å². The Morgan fingerprint density at radius 3 is 2.87 bits per heavy atom. The highest BCUT2D eigenvalue weighted by Gasteiger charge is 2.12. The molecular weight excluding hydrogens is 208 g/mol. The molecule has 0 radical (unpaired) electrons. The van der Waals surface area contributed by atoms with Crippen LogP contribution in [0.2, 0.25) is 0 Å². The number of nitrogens with zero attached hydrogens (tertiary/aromatic N) is 1. The predicted molar refractivity (Wildman–Crippen MR) is 64.3 cm³/mol. The average Bonchev–Trinajstić information content (AvgIpc) is 2.59. The SMILES string of the molecule is CCCOCc1nc(C)c(C(C)NC)s1. The Kier molecular flexibility index (Phi) is 5.22. The largest absolute Gasteiger partial charge is 0.374 e. The lowest BCUT2D eigenvalue weighted by Gasteiger charge is -2.06. The first kappa shape index (κ1) is 12.6. The van der Waals surface area contributed by atoms with E-state index < -0.39 is 0 Å². The van der Waals surface area contributed by atoms with Gasteiger partial charge in [-0.05, 0) is 27.3 Å². The lowest BCUT2D eigenvalue weighted by molar-refractivity contribution is 0.121. The smallest absolute Gasteiger partial charge is 0.119 e. The lowest BCUT2D eigenvalue weighted by Crippen LogP contribution is -2.11. The Balaban J connectivity index is 2.60. The summed E-state index contributed by atoms with van der Waals surface area (Å²) in [4.78, 5) is 5.82. The molecule has 1 atom stereocenters. The molecule has 0 spiro atoms. The first-order chi connectivity index (χ1) is 7.19. The maximum atomic E-state index is 5.48. The number of ether oxygens (including phenoxy) is 1. The first-order valence-electron chi connectivity index (χ1n) is 5.40. The van der Waals surface area contributed by atoms with Gasteiger partial charge in [-0.2, -0.15) is 0 Å². The minimum Gasteiger partial charge on any atom is -0.374 e. The number of hydrogen-bond acceptors (Lipinski definition) is 4. The molecule has 4 heteroatoms. The monoisotopic (exact) mass is 228 g/mol. The zero-order valence-corrected chi connectivity index (χ0v) is 10.8. The van der Waals surface area contributed by atoms with Crippen LogP contribution in [-0.2, 0) is 11.3 Å². The van der Waals surface area contributed by atoms with Gasteiger partial charge in [-0.15, -0.1) is 11.3 Å². The van der Waals surface area contributed by atoms with E-state index in [9.17, 15) is 0 Å². The summed E-state index contributed by atoms with van der Waals surface area (Å²) in [5.74, 6) is 0. The fraction of sp³-hybridized carbons (Fsp3) is 0.727. The summed E-state index contributed by atoms with van der Waals surface area (Å²) < 4.78 is 5.48.